The lowest BCUT2D eigenvalue weighted by molar-refractivity contribution is -0.687. The van der Waals surface area contributed by atoms with Gasteiger partial charge >= 0.3 is 0 Å². The number of rotatable bonds is 36. The molecule has 0 saturated carbocycles. The van der Waals surface area contributed by atoms with E-state index >= 15 is 0 Å². The van der Waals surface area contributed by atoms with Crippen molar-refractivity contribution < 1.29 is 52.6 Å². The lowest BCUT2D eigenvalue weighted by atomic mass is 10.1. The number of hydrogen-bond donors (Lipinski definition) is 0. The molecule has 332 valence electrons. The standard InChI is InChI=1S/C51H82N4O2.2BrH/c1-3-5-7-9-11-13-15-17-19-21-23-25-42-56-50-32-28-48(29-33-50)44-54-40-38-52(46-54)36-27-37-53-39-41-55(47-53)45-49-30-34-51(35-31-49)57-43-26-24-22-20-18-16-14-12-10-8-6-4-2;;/h28-35,38-41,46-47H,3-27,36-37,42-45H2,1-2H3;2*1H/q+2;;/p-2. The molecule has 0 aliphatic heterocycles. The van der Waals surface area contributed by atoms with Crippen LogP contribution in [0.25, 0.3) is 0 Å². The summed E-state index contributed by atoms with van der Waals surface area (Å²) in [5.74, 6) is 1.97. The lowest BCUT2D eigenvalue weighted by Gasteiger charge is -2.07. The molecule has 2 aromatic carbocycles. The average molecular weight is 943 g/mol. The second-order valence-electron chi connectivity index (χ2n) is 16.8. The smallest absolute Gasteiger partial charge is 0.244 e. The van der Waals surface area contributed by atoms with E-state index in [1.807, 2.05) is 0 Å². The van der Waals surface area contributed by atoms with Gasteiger partial charge in [-0.05, 0) is 48.2 Å². The number of halogens is 2. The van der Waals surface area contributed by atoms with Crippen molar-refractivity contribution in [1.29, 1.82) is 0 Å². The van der Waals surface area contributed by atoms with Gasteiger partial charge in [-0.15, -0.1) is 0 Å². The van der Waals surface area contributed by atoms with Gasteiger partial charge in [0, 0.05) is 6.42 Å². The molecule has 0 unspecified atom stereocenters. The zero-order valence-corrected chi connectivity index (χ0v) is 40.5. The third kappa shape index (κ3) is 25.1. The van der Waals surface area contributed by atoms with Crippen LogP contribution in [0.15, 0.2) is 86.0 Å². The van der Waals surface area contributed by atoms with E-state index < -0.39 is 0 Å². The number of imidazole rings is 2. The van der Waals surface area contributed by atoms with Crippen LogP contribution >= 0.6 is 0 Å². The number of nitrogens with zero attached hydrogens (tertiary/aromatic N) is 4. The predicted molar refractivity (Wildman–Crippen MR) is 238 cm³/mol. The molecule has 0 aliphatic carbocycles. The average Bonchev–Trinajstić information content (AvgIpc) is 3.88. The number of aryl methyl sites for hydroxylation is 2. The van der Waals surface area contributed by atoms with Gasteiger partial charge in [-0.2, -0.15) is 0 Å². The van der Waals surface area contributed by atoms with E-state index in [0.717, 1.165) is 70.2 Å². The van der Waals surface area contributed by atoms with Crippen molar-refractivity contribution in [2.45, 2.75) is 201 Å². The highest BCUT2D eigenvalue weighted by molar-refractivity contribution is 5.27. The van der Waals surface area contributed by atoms with E-state index in [0.29, 0.717) is 0 Å². The Bertz CT molecular complexity index is 1410. The second-order valence-corrected chi connectivity index (χ2v) is 16.8. The summed E-state index contributed by atoms with van der Waals surface area (Å²) in [6, 6.07) is 17.3. The summed E-state index contributed by atoms with van der Waals surface area (Å²) in [5, 5.41) is 0. The zero-order valence-electron chi connectivity index (χ0n) is 37.4. The maximum Gasteiger partial charge on any atom is 0.244 e. The van der Waals surface area contributed by atoms with Gasteiger partial charge in [-0.1, -0.05) is 179 Å². The molecular formula is C51H82Br2N4O2. The Morgan fingerprint density at radius 2 is 0.695 bits per heavy atom. The highest BCUT2D eigenvalue weighted by atomic mass is 79.9. The molecule has 0 bridgehead atoms. The third-order valence-electron chi connectivity index (χ3n) is 11.4. The fourth-order valence-electron chi connectivity index (χ4n) is 7.83. The summed E-state index contributed by atoms with van der Waals surface area (Å²) in [5.41, 5.74) is 2.59. The minimum absolute atomic E-state index is 0. The highest BCUT2D eigenvalue weighted by Crippen LogP contribution is 2.17. The Morgan fingerprint density at radius 3 is 1.02 bits per heavy atom. The summed E-state index contributed by atoms with van der Waals surface area (Å²) >= 11 is 0. The van der Waals surface area contributed by atoms with Gasteiger partial charge in [0.05, 0.1) is 26.3 Å². The monoisotopic (exact) mass is 940 g/mol. The van der Waals surface area contributed by atoms with Crippen molar-refractivity contribution >= 4 is 0 Å². The largest absolute Gasteiger partial charge is 1.00 e. The molecule has 2 heterocycles. The molecule has 4 rings (SSSR count). The maximum atomic E-state index is 6.04. The summed E-state index contributed by atoms with van der Waals surface area (Å²) in [6.07, 6.45) is 47.1. The molecule has 2 aromatic heterocycles. The van der Waals surface area contributed by atoms with Crippen LogP contribution in [0.2, 0.25) is 0 Å². The summed E-state index contributed by atoms with van der Waals surface area (Å²) in [4.78, 5) is 0. The highest BCUT2D eigenvalue weighted by Gasteiger charge is 2.09. The maximum absolute atomic E-state index is 6.04. The number of unbranched alkanes of at least 4 members (excludes halogenated alkanes) is 22. The summed E-state index contributed by atoms with van der Waals surface area (Å²) < 4.78 is 21.2. The fraction of sp³-hybridized carbons (Fsp3) is 0.647. The number of ether oxygens (including phenoxy) is 2. The molecule has 0 spiro atoms. The van der Waals surface area contributed by atoms with Gasteiger partial charge in [-0.3, -0.25) is 0 Å². The van der Waals surface area contributed by atoms with E-state index in [9.17, 15) is 0 Å². The zero-order chi connectivity index (χ0) is 39.9. The lowest BCUT2D eigenvalue weighted by Crippen LogP contribution is -3.00. The van der Waals surface area contributed by atoms with E-state index in [-0.39, 0.29) is 34.0 Å². The number of hydrogen-bond acceptors (Lipinski definition) is 2. The van der Waals surface area contributed by atoms with Gasteiger partial charge in [0.1, 0.15) is 49.4 Å². The van der Waals surface area contributed by atoms with E-state index in [1.165, 1.54) is 152 Å². The van der Waals surface area contributed by atoms with E-state index in [2.05, 4.69) is 118 Å². The molecule has 6 nitrogen and oxygen atoms in total. The van der Waals surface area contributed by atoms with Crippen LogP contribution < -0.4 is 52.6 Å². The number of benzene rings is 2. The summed E-state index contributed by atoms with van der Waals surface area (Å²) in [7, 11) is 0. The first-order valence-electron chi connectivity index (χ1n) is 23.7. The second kappa shape index (κ2) is 35.1. The Kier molecular flexibility index (Phi) is 31.2. The molecular weight excluding hydrogens is 860 g/mol. The van der Waals surface area contributed by atoms with Crippen LogP contribution in [0.1, 0.15) is 185 Å². The normalized spacial score (nSPS) is 11.0. The Balaban J connectivity index is 0.00000600. The van der Waals surface area contributed by atoms with Gasteiger partial charge in [0.15, 0.2) is 0 Å². The van der Waals surface area contributed by atoms with Gasteiger partial charge in [0.25, 0.3) is 0 Å². The summed E-state index contributed by atoms with van der Waals surface area (Å²) in [6.45, 7) is 9.96. The first kappa shape index (κ1) is 52.6. The Morgan fingerprint density at radius 1 is 0.390 bits per heavy atom. The van der Waals surface area contributed by atoms with Crippen molar-refractivity contribution in [1.82, 2.24) is 9.13 Å². The van der Waals surface area contributed by atoms with Crippen LogP contribution in [0.3, 0.4) is 0 Å². The molecule has 0 radical (unpaired) electrons. The van der Waals surface area contributed by atoms with Gasteiger partial charge in [0.2, 0.25) is 12.7 Å². The molecule has 59 heavy (non-hydrogen) atoms. The molecule has 0 saturated heterocycles. The van der Waals surface area contributed by atoms with E-state index in [4.69, 9.17) is 9.47 Å². The van der Waals surface area contributed by atoms with Crippen LogP contribution in [0.5, 0.6) is 11.5 Å². The molecule has 0 fully saturated rings. The Hall–Kier alpha value is -2.58. The van der Waals surface area contributed by atoms with Crippen LogP contribution in [-0.2, 0) is 26.2 Å². The van der Waals surface area contributed by atoms with Gasteiger partial charge in [-0.25, -0.2) is 18.3 Å². The van der Waals surface area contributed by atoms with Crippen molar-refractivity contribution in [2.75, 3.05) is 13.2 Å². The van der Waals surface area contributed by atoms with Crippen molar-refractivity contribution in [2.24, 2.45) is 0 Å². The Labute approximate surface area is 382 Å². The molecule has 8 heteroatoms. The SMILES string of the molecule is CCCCCCCCCCCCCCOc1ccc(C[n+]2ccn(CCCn3cc[n+](Cc4ccc(OCCCCCCCCCCCCCC)cc4)c3)c2)cc1.[Br-].[Br-]. The van der Waals surface area contributed by atoms with Gasteiger partial charge < -0.3 is 43.4 Å². The first-order chi connectivity index (χ1) is 28.2. The van der Waals surface area contributed by atoms with Crippen molar-refractivity contribution in [3.63, 3.8) is 0 Å². The quantitative estimate of drug-likeness (QED) is 0.0357. The predicted octanol–water partition coefficient (Wildman–Crippen LogP) is 7.22. The van der Waals surface area contributed by atoms with Crippen LogP contribution in [0, 0.1) is 0 Å². The number of aromatic nitrogens is 4. The van der Waals surface area contributed by atoms with Crippen molar-refractivity contribution in [3.8, 4) is 11.5 Å². The fourth-order valence-corrected chi connectivity index (χ4v) is 7.83. The molecule has 0 atom stereocenters. The molecule has 0 amide bonds. The topological polar surface area (TPSA) is 36.1 Å². The van der Waals surface area contributed by atoms with Crippen molar-refractivity contribution in [3.05, 3.63) is 97.1 Å². The minimum atomic E-state index is 0. The van der Waals surface area contributed by atoms with Crippen LogP contribution in [-0.4, -0.2) is 22.3 Å². The van der Waals surface area contributed by atoms with Crippen LogP contribution in [0.4, 0.5) is 0 Å². The molecule has 4 aromatic rings. The van der Waals surface area contributed by atoms with E-state index in [1.54, 1.807) is 0 Å². The third-order valence-corrected chi connectivity index (χ3v) is 11.4. The molecule has 0 N–H and O–H groups in total. The molecule has 0 aliphatic rings. The minimum Gasteiger partial charge on any atom is -1.00 e. The first-order valence-corrected chi connectivity index (χ1v) is 23.7.